The van der Waals surface area contributed by atoms with Crippen LogP contribution in [0.5, 0.6) is 5.75 Å². The highest BCUT2D eigenvalue weighted by Gasteiger charge is 2.20. The molecule has 0 bridgehead atoms. The monoisotopic (exact) mass is 286 g/mol. The summed E-state index contributed by atoms with van der Waals surface area (Å²) in [4.78, 5) is 2.15. The van der Waals surface area contributed by atoms with Gasteiger partial charge in [-0.25, -0.2) is 0 Å². The minimum Gasteiger partial charge on any atom is -0.497 e. The van der Waals surface area contributed by atoms with Gasteiger partial charge in [0.05, 0.1) is 20.2 Å². The zero-order valence-corrected chi connectivity index (χ0v) is 12.6. The maximum Gasteiger partial charge on any atom is 0.123 e. The number of nitrogens with one attached hydrogen (secondary N) is 1. The largest absolute Gasteiger partial charge is 0.497 e. The van der Waals surface area contributed by atoms with Gasteiger partial charge in [0.25, 0.3) is 0 Å². The summed E-state index contributed by atoms with van der Waals surface area (Å²) in [5.41, 5.74) is 1.11. The molecule has 0 radical (unpaired) electrons. The summed E-state index contributed by atoms with van der Waals surface area (Å²) < 4.78 is 11.1. The quantitative estimate of drug-likeness (QED) is 0.848. The molecule has 0 amide bonds. The van der Waals surface area contributed by atoms with Crippen molar-refractivity contribution in [2.24, 2.45) is 0 Å². The molecule has 4 heteroatoms. The first kappa shape index (κ1) is 14.0. The minimum atomic E-state index is 0.706. The topological polar surface area (TPSA) is 37.6 Å². The molecule has 1 N–H and O–H groups in total. The van der Waals surface area contributed by atoms with Gasteiger partial charge in [0, 0.05) is 24.8 Å². The van der Waals surface area contributed by atoms with Crippen LogP contribution in [-0.2, 0) is 13.1 Å². The zero-order valence-electron chi connectivity index (χ0n) is 12.6. The van der Waals surface area contributed by atoms with Gasteiger partial charge in [-0.15, -0.1) is 0 Å². The van der Waals surface area contributed by atoms with Crippen LogP contribution in [0, 0.1) is 0 Å². The molecule has 0 aliphatic heterocycles. The van der Waals surface area contributed by atoms with Gasteiger partial charge in [-0.1, -0.05) is 6.07 Å². The van der Waals surface area contributed by atoms with Gasteiger partial charge in [-0.05, 0) is 37.1 Å². The molecule has 1 aliphatic carbocycles. The third kappa shape index (κ3) is 3.79. The van der Waals surface area contributed by atoms with E-state index in [1.165, 1.54) is 12.8 Å². The highest BCUT2D eigenvalue weighted by atomic mass is 16.5. The predicted molar refractivity (Wildman–Crippen MR) is 83.7 cm³/mol. The molecule has 1 aromatic heterocycles. The Morgan fingerprint density at radius 3 is 2.81 bits per heavy atom. The summed E-state index contributed by atoms with van der Waals surface area (Å²) >= 11 is 0. The summed E-state index contributed by atoms with van der Waals surface area (Å²) in [5.74, 6) is 2.86. The fourth-order valence-corrected chi connectivity index (χ4v) is 2.31. The lowest BCUT2D eigenvalue weighted by molar-refractivity contribution is 0.414. The maximum atomic E-state index is 5.88. The molecular weight excluding hydrogens is 264 g/mol. The second-order valence-corrected chi connectivity index (χ2v) is 5.58. The molecule has 3 rings (SSSR count). The molecule has 21 heavy (non-hydrogen) atoms. The highest BCUT2D eigenvalue weighted by molar-refractivity contribution is 5.50. The Bertz CT molecular complexity index is 590. The van der Waals surface area contributed by atoms with Crippen molar-refractivity contribution in [2.45, 2.75) is 32.0 Å². The van der Waals surface area contributed by atoms with Crippen molar-refractivity contribution in [3.05, 3.63) is 47.9 Å². The van der Waals surface area contributed by atoms with Gasteiger partial charge in [0.1, 0.15) is 17.3 Å². The van der Waals surface area contributed by atoms with Crippen LogP contribution in [0.15, 0.2) is 40.8 Å². The van der Waals surface area contributed by atoms with Gasteiger partial charge in [-0.3, -0.25) is 0 Å². The average Bonchev–Trinajstić information content (AvgIpc) is 3.24. The Hall–Kier alpha value is -1.94. The average molecular weight is 286 g/mol. The Morgan fingerprint density at radius 1 is 1.24 bits per heavy atom. The van der Waals surface area contributed by atoms with Crippen LogP contribution in [0.3, 0.4) is 0 Å². The second kappa shape index (κ2) is 6.22. The summed E-state index contributed by atoms with van der Waals surface area (Å²) in [5, 5.41) is 3.46. The fraction of sp³-hybridized carbons (Fsp3) is 0.412. The van der Waals surface area contributed by atoms with E-state index in [9.17, 15) is 0 Å². The zero-order chi connectivity index (χ0) is 14.7. The normalized spacial score (nSPS) is 14.2. The standard InChI is InChI=1S/C17H22N2O2/c1-19(14-4-3-5-15(10-14)20-2)12-17-9-8-16(21-17)11-18-13-6-7-13/h3-5,8-10,13,18H,6-7,11-12H2,1-2H3. The van der Waals surface area contributed by atoms with Crippen molar-refractivity contribution < 1.29 is 9.15 Å². The van der Waals surface area contributed by atoms with E-state index in [2.05, 4.69) is 35.5 Å². The second-order valence-electron chi connectivity index (χ2n) is 5.58. The molecule has 0 spiro atoms. The number of nitrogens with zero attached hydrogens (tertiary/aromatic N) is 1. The Labute approximate surface area is 125 Å². The summed E-state index contributed by atoms with van der Waals surface area (Å²) in [6.07, 6.45) is 2.60. The summed E-state index contributed by atoms with van der Waals surface area (Å²) in [6.45, 7) is 1.57. The maximum absolute atomic E-state index is 5.88. The first-order valence-corrected chi connectivity index (χ1v) is 7.41. The van der Waals surface area contributed by atoms with Crippen LogP contribution in [0.25, 0.3) is 0 Å². The smallest absolute Gasteiger partial charge is 0.123 e. The molecule has 1 heterocycles. The van der Waals surface area contributed by atoms with Gasteiger partial charge < -0.3 is 19.4 Å². The third-order valence-electron chi connectivity index (χ3n) is 3.75. The van der Waals surface area contributed by atoms with Crippen LogP contribution >= 0.6 is 0 Å². The SMILES string of the molecule is COc1cccc(N(C)Cc2ccc(CNC3CC3)o2)c1. The third-order valence-corrected chi connectivity index (χ3v) is 3.75. The van der Waals surface area contributed by atoms with E-state index in [0.717, 1.165) is 36.0 Å². The van der Waals surface area contributed by atoms with E-state index < -0.39 is 0 Å². The Kier molecular flexibility index (Phi) is 4.15. The molecule has 0 atom stereocenters. The van der Waals surface area contributed by atoms with E-state index in [1.807, 2.05) is 18.2 Å². The Balaban J connectivity index is 1.59. The van der Waals surface area contributed by atoms with Crippen molar-refractivity contribution >= 4 is 5.69 Å². The first-order valence-electron chi connectivity index (χ1n) is 7.41. The number of hydrogen-bond donors (Lipinski definition) is 1. The number of methoxy groups -OCH3 is 1. The molecule has 0 unspecified atom stereocenters. The van der Waals surface area contributed by atoms with Gasteiger partial charge in [0.2, 0.25) is 0 Å². The van der Waals surface area contributed by atoms with Gasteiger partial charge in [-0.2, -0.15) is 0 Å². The summed E-state index contributed by atoms with van der Waals surface area (Å²) in [7, 11) is 3.74. The number of benzene rings is 1. The number of rotatable bonds is 7. The van der Waals surface area contributed by atoms with E-state index in [-0.39, 0.29) is 0 Å². The van der Waals surface area contributed by atoms with Crippen LogP contribution in [0.4, 0.5) is 5.69 Å². The molecule has 0 saturated heterocycles. The van der Waals surface area contributed by atoms with E-state index in [4.69, 9.17) is 9.15 Å². The number of ether oxygens (including phenoxy) is 1. The van der Waals surface area contributed by atoms with Gasteiger partial charge in [0.15, 0.2) is 0 Å². The molecule has 1 aromatic carbocycles. The number of anilines is 1. The molecule has 1 fully saturated rings. The lowest BCUT2D eigenvalue weighted by Crippen LogP contribution is -2.16. The molecule has 112 valence electrons. The fourth-order valence-electron chi connectivity index (χ4n) is 2.31. The molecule has 1 saturated carbocycles. The van der Waals surface area contributed by atoms with Crippen LogP contribution in [-0.4, -0.2) is 20.2 Å². The van der Waals surface area contributed by atoms with Crippen molar-refractivity contribution in [1.82, 2.24) is 5.32 Å². The Morgan fingerprint density at radius 2 is 2.05 bits per heavy atom. The van der Waals surface area contributed by atoms with E-state index >= 15 is 0 Å². The van der Waals surface area contributed by atoms with Crippen molar-refractivity contribution in [3.63, 3.8) is 0 Å². The molecule has 2 aromatic rings. The van der Waals surface area contributed by atoms with Crippen molar-refractivity contribution in [1.29, 1.82) is 0 Å². The van der Waals surface area contributed by atoms with E-state index in [0.29, 0.717) is 6.04 Å². The number of furan rings is 1. The first-order chi connectivity index (χ1) is 10.2. The molecule has 1 aliphatic rings. The highest BCUT2D eigenvalue weighted by Crippen LogP contribution is 2.22. The van der Waals surface area contributed by atoms with E-state index in [1.54, 1.807) is 7.11 Å². The van der Waals surface area contributed by atoms with Gasteiger partial charge >= 0.3 is 0 Å². The number of hydrogen-bond acceptors (Lipinski definition) is 4. The van der Waals surface area contributed by atoms with Crippen LogP contribution in [0.1, 0.15) is 24.4 Å². The minimum absolute atomic E-state index is 0.706. The van der Waals surface area contributed by atoms with Crippen molar-refractivity contribution in [2.75, 3.05) is 19.1 Å². The van der Waals surface area contributed by atoms with Crippen LogP contribution in [0.2, 0.25) is 0 Å². The lowest BCUT2D eigenvalue weighted by atomic mass is 10.2. The van der Waals surface area contributed by atoms with Crippen molar-refractivity contribution in [3.8, 4) is 5.75 Å². The predicted octanol–water partition coefficient (Wildman–Crippen LogP) is 3.18. The summed E-state index contributed by atoms with van der Waals surface area (Å²) in [6, 6.07) is 12.9. The molecule has 4 nitrogen and oxygen atoms in total. The lowest BCUT2D eigenvalue weighted by Gasteiger charge is -2.18. The van der Waals surface area contributed by atoms with Crippen LogP contribution < -0.4 is 15.0 Å². The molecular formula is C17H22N2O2.